The molecule has 0 saturated heterocycles. The Morgan fingerprint density at radius 3 is 2.12 bits per heavy atom. The second-order valence-electron chi connectivity index (χ2n) is 4.89. The number of rotatable bonds is 1. The summed E-state index contributed by atoms with van der Waals surface area (Å²) in [4.78, 5) is 11.0. The summed E-state index contributed by atoms with van der Waals surface area (Å²) in [6.45, 7) is 0. The highest BCUT2D eigenvalue weighted by Crippen LogP contribution is 2.17. The Labute approximate surface area is 104 Å². The van der Waals surface area contributed by atoms with Crippen molar-refractivity contribution in [3.63, 3.8) is 0 Å². The van der Waals surface area contributed by atoms with E-state index in [9.17, 15) is 9.90 Å². The highest BCUT2D eigenvalue weighted by atomic mass is 16.4. The maximum Gasteiger partial charge on any atom is 0.333 e. The summed E-state index contributed by atoms with van der Waals surface area (Å²) in [5, 5.41) is 18.9. The molecule has 2 N–H and O–H groups in total. The molecular weight excluding hydrogens is 216 g/mol. The molecule has 3 heteroatoms. The van der Waals surface area contributed by atoms with E-state index in [4.69, 9.17) is 5.11 Å². The lowest BCUT2D eigenvalue weighted by Crippen LogP contribution is -2.17. The largest absolute Gasteiger partial charge is 0.478 e. The van der Waals surface area contributed by atoms with E-state index >= 15 is 0 Å². The Kier molecular flexibility index (Phi) is 6.94. The van der Waals surface area contributed by atoms with Gasteiger partial charge in [-0.3, -0.25) is 0 Å². The zero-order chi connectivity index (χ0) is 12.5. The molecule has 98 valence electrons. The fourth-order valence-corrected chi connectivity index (χ4v) is 2.32. The molecular formula is C14H24O3. The molecule has 0 radical (unpaired) electrons. The van der Waals surface area contributed by atoms with E-state index in [2.05, 4.69) is 0 Å². The van der Waals surface area contributed by atoms with E-state index in [0.717, 1.165) is 25.7 Å². The SMILES string of the molecule is O=C(O)/C1=C/CCCCCCCCCCC1O. The van der Waals surface area contributed by atoms with Crippen LogP contribution in [-0.4, -0.2) is 22.3 Å². The Morgan fingerprint density at radius 1 is 1.00 bits per heavy atom. The third kappa shape index (κ3) is 5.87. The maximum absolute atomic E-state index is 11.0. The van der Waals surface area contributed by atoms with Crippen LogP contribution in [0.2, 0.25) is 0 Å². The van der Waals surface area contributed by atoms with Gasteiger partial charge in [0.15, 0.2) is 0 Å². The summed E-state index contributed by atoms with van der Waals surface area (Å²) in [5.41, 5.74) is 0.198. The van der Waals surface area contributed by atoms with Crippen LogP contribution in [0, 0.1) is 0 Å². The number of aliphatic hydroxyl groups excluding tert-OH is 1. The van der Waals surface area contributed by atoms with Crippen molar-refractivity contribution in [3.05, 3.63) is 11.6 Å². The maximum atomic E-state index is 11.0. The minimum atomic E-state index is -0.965. The van der Waals surface area contributed by atoms with E-state index in [0.29, 0.717) is 6.42 Å². The van der Waals surface area contributed by atoms with E-state index in [-0.39, 0.29) is 5.57 Å². The Morgan fingerprint density at radius 2 is 1.53 bits per heavy atom. The number of carboxylic acids is 1. The number of hydrogen-bond donors (Lipinski definition) is 2. The van der Waals surface area contributed by atoms with Gasteiger partial charge in [0.2, 0.25) is 0 Å². The molecule has 1 atom stereocenters. The number of aliphatic hydroxyl groups is 1. The average molecular weight is 240 g/mol. The fourth-order valence-electron chi connectivity index (χ4n) is 2.32. The van der Waals surface area contributed by atoms with Crippen LogP contribution >= 0.6 is 0 Å². The van der Waals surface area contributed by atoms with Crippen molar-refractivity contribution in [1.29, 1.82) is 0 Å². The van der Waals surface area contributed by atoms with Gasteiger partial charge in [-0.05, 0) is 19.3 Å². The molecule has 0 saturated carbocycles. The summed E-state index contributed by atoms with van der Waals surface area (Å²) in [6.07, 6.45) is 11.5. The van der Waals surface area contributed by atoms with Crippen molar-refractivity contribution in [2.45, 2.75) is 70.3 Å². The first-order chi connectivity index (χ1) is 8.22. The number of aliphatic carboxylic acids is 1. The topological polar surface area (TPSA) is 57.5 Å². The molecule has 0 spiro atoms. The summed E-state index contributed by atoms with van der Waals surface area (Å²) in [7, 11) is 0. The smallest absolute Gasteiger partial charge is 0.333 e. The minimum Gasteiger partial charge on any atom is -0.478 e. The predicted molar refractivity (Wildman–Crippen MR) is 67.9 cm³/mol. The van der Waals surface area contributed by atoms with Crippen LogP contribution in [-0.2, 0) is 4.79 Å². The van der Waals surface area contributed by atoms with Crippen molar-refractivity contribution < 1.29 is 15.0 Å². The summed E-state index contributed by atoms with van der Waals surface area (Å²) in [6, 6.07) is 0. The van der Waals surface area contributed by atoms with E-state index in [1.165, 1.54) is 32.1 Å². The van der Waals surface area contributed by atoms with Gasteiger partial charge >= 0.3 is 5.97 Å². The number of carboxylic acid groups (broad SMARTS) is 1. The molecule has 0 fully saturated rings. The normalized spacial score (nSPS) is 28.1. The summed E-state index contributed by atoms with van der Waals surface area (Å²) < 4.78 is 0. The van der Waals surface area contributed by atoms with Gasteiger partial charge in [0.25, 0.3) is 0 Å². The molecule has 1 rings (SSSR count). The average Bonchev–Trinajstić information content (AvgIpc) is 2.30. The van der Waals surface area contributed by atoms with Gasteiger partial charge < -0.3 is 10.2 Å². The van der Waals surface area contributed by atoms with Crippen LogP contribution in [0.25, 0.3) is 0 Å². The van der Waals surface area contributed by atoms with Crippen LogP contribution < -0.4 is 0 Å². The number of allylic oxidation sites excluding steroid dienone is 1. The molecule has 0 bridgehead atoms. The van der Waals surface area contributed by atoms with Gasteiger partial charge in [-0.25, -0.2) is 4.79 Å². The summed E-state index contributed by atoms with van der Waals surface area (Å²) >= 11 is 0. The third-order valence-corrected chi connectivity index (χ3v) is 3.40. The van der Waals surface area contributed by atoms with Crippen molar-refractivity contribution in [2.24, 2.45) is 0 Å². The predicted octanol–water partition coefficient (Wildman–Crippen LogP) is 3.27. The molecule has 3 nitrogen and oxygen atoms in total. The van der Waals surface area contributed by atoms with Gasteiger partial charge in [0, 0.05) is 0 Å². The monoisotopic (exact) mass is 240 g/mol. The van der Waals surface area contributed by atoms with Gasteiger partial charge in [-0.2, -0.15) is 0 Å². The highest BCUT2D eigenvalue weighted by Gasteiger charge is 2.17. The van der Waals surface area contributed by atoms with Crippen LogP contribution in [0.3, 0.4) is 0 Å². The van der Waals surface area contributed by atoms with E-state index in [1.54, 1.807) is 6.08 Å². The second kappa shape index (κ2) is 8.29. The van der Waals surface area contributed by atoms with E-state index in [1.807, 2.05) is 0 Å². The number of carbonyl (C=O) groups is 1. The van der Waals surface area contributed by atoms with Gasteiger partial charge in [0.1, 0.15) is 0 Å². The lowest BCUT2D eigenvalue weighted by Gasteiger charge is -2.11. The minimum absolute atomic E-state index is 0.198. The summed E-state index contributed by atoms with van der Waals surface area (Å²) in [5.74, 6) is -0.965. The second-order valence-corrected chi connectivity index (χ2v) is 4.89. The number of hydrogen-bond acceptors (Lipinski definition) is 2. The zero-order valence-electron chi connectivity index (χ0n) is 10.5. The van der Waals surface area contributed by atoms with Crippen LogP contribution in [0.5, 0.6) is 0 Å². The Bertz CT molecular complexity index is 258. The lowest BCUT2D eigenvalue weighted by molar-refractivity contribution is -0.133. The Hall–Kier alpha value is -0.830. The zero-order valence-corrected chi connectivity index (χ0v) is 10.5. The first kappa shape index (κ1) is 14.2. The molecule has 0 heterocycles. The molecule has 0 aliphatic heterocycles. The molecule has 0 aromatic heterocycles. The molecule has 0 amide bonds. The quantitative estimate of drug-likeness (QED) is 0.739. The highest BCUT2D eigenvalue weighted by molar-refractivity contribution is 5.87. The van der Waals surface area contributed by atoms with Crippen molar-refractivity contribution in [1.82, 2.24) is 0 Å². The van der Waals surface area contributed by atoms with Crippen LogP contribution in [0.4, 0.5) is 0 Å². The van der Waals surface area contributed by atoms with Crippen molar-refractivity contribution in [2.75, 3.05) is 0 Å². The first-order valence-electron chi connectivity index (χ1n) is 6.83. The van der Waals surface area contributed by atoms with Crippen LogP contribution in [0.1, 0.15) is 64.2 Å². The van der Waals surface area contributed by atoms with Crippen molar-refractivity contribution in [3.8, 4) is 0 Å². The standard InChI is InChI=1S/C14H24O3/c15-13-11-9-7-5-3-1-2-4-6-8-10-12(13)14(16)17/h10,13,15H,1-9,11H2,(H,16,17)/b12-10+. The molecule has 1 aliphatic rings. The van der Waals surface area contributed by atoms with Crippen LogP contribution in [0.15, 0.2) is 11.6 Å². The fraction of sp³-hybridized carbons (Fsp3) is 0.786. The molecule has 0 aromatic carbocycles. The Balaban J connectivity index is 2.54. The molecule has 0 aromatic rings. The molecule has 1 aliphatic carbocycles. The van der Waals surface area contributed by atoms with Gasteiger partial charge in [-0.15, -0.1) is 0 Å². The first-order valence-corrected chi connectivity index (χ1v) is 6.83. The molecule has 17 heavy (non-hydrogen) atoms. The third-order valence-electron chi connectivity index (χ3n) is 3.40. The van der Waals surface area contributed by atoms with Gasteiger partial charge in [-0.1, -0.05) is 51.0 Å². The van der Waals surface area contributed by atoms with Crippen molar-refractivity contribution >= 4 is 5.97 Å². The van der Waals surface area contributed by atoms with E-state index < -0.39 is 12.1 Å². The van der Waals surface area contributed by atoms with Gasteiger partial charge in [0.05, 0.1) is 11.7 Å². The lowest BCUT2D eigenvalue weighted by atomic mass is 10.0. The molecule has 1 unspecified atom stereocenters.